The van der Waals surface area contributed by atoms with Crippen molar-refractivity contribution in [3.8, 4) is 11.4 Å². The summed E-state index contributed by atoms with van der Waals surface area (Å²) in [4.78, 5) is 12.4. The highest BCUT2D eigenvalue weighted by atomic mass is 32.2. The number of aromatic nitrogens is 3. The van der Waals surface area contributed by atoms with Crippen molar-refractivity contribution in [1.82, 2.24) is 20.1 Å². The lowest BCUT2D eigenvalue weighted by atomic mass is 9.97. The molecule has 0 saturated heterocycles. The Morgan fingerprint density at radius 2 is 2.11 bits per heavy atom. The lowest BCUT2D eigenvalue weighted by Crippen LogP contribution is -2.32. The molecule has 1 N–H and O–H groups in total. The van der Waals surface area contributed by atoms with Crippen molar-refractivity contribution < 1.29 is 4.79 Å². The Kier molecular flexibility index (Phi) is 6.72. The minimum absolute atomic E-state index is 0.0526. The van der Waals surface area contributed by atoms with E-state index in [0.717, 1.165) is 28.5 Å². The zero-order valence-corrected chi connectivity index (χ0v) is 17.2. The minimum atomic E-state index is -0.210. The number of nitrogens with one attached hydrogen (secondary N) is 1. The van der Waals surface area contributed by atoms with E-state index in [2.05, 4.69) is 34.6 Å². The Balaban J connectivity index is 1.56. The van der Waals surface area contributed by atoms with Gasteiger partial charge in [-0.2, -0.15) is 0 Å². The van der Waals surface area contributed by atoms with E-state index in [9.17, 15) is 4.79 Å². The number of hydrogen-bond acceptors (Lipinski definition) is 4. The van der Waals surface area contributed by atoms with Crippen molar-refractivity contribution in [2.45, 2.75) is 56.4 Å². The average Bonchev–Trinajstić information content (AvgIpc) is 3.03. The van der Waals surface area contributed by atoms with Gasteiger partial charge < -0.3 is 9.88 Å². The molecule has 144 valence electrons. The van der Waals surface area contributed by atoms with E-state index >= 15 is 0 Å². The fourth-order valence-electron chi connectivity index (χ4n) is 3.31. The molecule has 2 aromatic rings. The van der Waals surface area contributed by atoms with Crippen molar-refractivity contribution >= 4 is 17.7 Å². The quantitative estimate of drug-likeness (QED) is 0.572. The van der Waals surface area contributed by atoms with Crippen molar-refractivity contribution in [3.05, 3.63) is 41.5 Å². The minimum Gasteiger partial charge on any atom is -0.355 e. The fraction of sp³-hybridized carbons (Fsp3) is 0.476. The van der Waals surface area contributed by atoms with Crippen LogP contribution in [0.1, 0.15) is 44.6 Å². The van der Waals surface area contributed by atoms with Gasteiger partial charge in [-0.1, -0.05) is 47.7 Å². The van der Waals surface area contributed by atoms with E-state index in [4.69, 9.17) is 0 Å². The van der Waals surface area contributed by atoms with E-state index in [1.807, 2.05) is 36.7 Å². The number of benzene rings is 1. The van der Waals surface area contributed by atoms with Crippen LogP contribution in [-0.4, -0.2) is 32.5 Å². The maximum atomic E-state index is 12.4. The molecule has 0 unspecified atom stereocenters. The Morgan fingerprint density at radius 3 is 2.85 bits per heavy atom. The predicted molar refractivity (Wildman–Crippen MR) is 111 cm³/mol. The summed E-state index contributed by atoms with van der Waals surface area (Å²) in [5.41, 5.74) is 3.71. The molecule has 0 spiro atoms. The molecule has 1 heterocycles. The molecular formula is C21H28N4OS. The average molecular weight is 385 g/mol. The summed E-state index contributed by atoms with van der Waals surface area (Å²) >= 11 is 1.45. The van der Waals surface area contributed by atoms with E-state index in [1.54, 1.807) is 0 Å². The molecule has 27 heavy (non-hydrogen) atoms. The van der Waals surface area contributed by atoms with Crippen LogP contribution in [0.25, 0.3) is 11.4 Å². The van der Waals surface area contributed by atoms with Crippen LogP contribution in [0.5, 0.6) is 0 Å². The van der Waals surface area contributed by atoms with Crippen molar-refractivity contribution in [1.29, 1.82) is 0 Å². The molecule has 0 aliphatic heterocycles. The van der Waals surface area contributed by atoms with Crippen molar-refractivity contribution in [3.63, 3.8) is 0 Å². The summed E-state index contributed by atoms with van der Waals surface area (Å²) in [5, 5.41) is 12.2. The number of nitrogens with zero attached hydrogens (tertiary/aromatic N) is 3. The Labute approximate surface area is 165 Å². The van der Waals surface area contributed by atoms with Gasteiger partial charge in [0, 0.05) is 19.2 Å². The van der Waals surface area contributed by atoms with Crippen LogP contribution in [0, 0.1) is 6.92 Å². The van der Waals surface area contributed by atoms with Crippen LogP contribution in [0.3, 0.4) is 0 Å². The summed E-state index contributed by atoms with van der Waals surface area (Å²) in [6.07, 6.45) is 8.24. The SMILES string of the molecule is Cc1ccccc1-c1nnc(S[C@@H](C)C(=O)NCCC2=CCCCC2)n1C. The highest BCUT2D eigenvalue weighted by Crippen LogP contribution is 2.27. The number of thioether (sulfide) groups is 1. The third-order valence-electron chi connectivity index (χ3n) is 5.00. The van der Waals surface area contributed by atoms with Crippen LogP contribution in [0.2, 0.25) is 0 Å². The van der Waals surface area contributed by atoms with Crippen LogP contribution < -0.4 is 5.32 Å². The first-order valence-electron chi connectivity index (χ1n) is 9.64. The monoisotopic (exact) mass is 384 g/mol. The number of aryl methyl sites for hydroxylation is 1. The summed E-state index contributed by atoms with van der Waals surface area (Å²) in [5.74, 6) is 0.879. The fourth-order valence-corrected chi connectivity index (χ4v) is 4.15. The van der Waals surface area contributed by atoms with Gasteiger partial charge in [0.1, 0.15) is 0 Å². The third-order valence-corrected chi connectivity index (χ3v) is 6.14. The number of rotatable bonds is 7. The Bertz CT molecular complexity index is 827. The second-order valence-corrected chi connectivity index (χ2v) is 8.40. The smallest absolute Gasteiger partial charge is 0.233 e. The zero-order valence-electron chi connectivity index (χ0n) is 16.4. The van der Waals surface area contributed by atoms with Crippen LogP contribution in [0.4, 0.5) is 0 Å². The molecule has 3 rings (SSSR count). The molecule has 0 fully saturated rings. The third kappa shape index (κ3) is 5.01. The zero-order chi connectivity index (χ0) is 19.2. The number of amides is 1. The largest absolute Gasteiger partial charge is 0.355 e. The standard InChI is InChI=1S/C21H28N4OS/c1-15-9-7-8-12-18(15)19-23-24-21(25(19)3)27-16(2)20(26)22-14-13-17-10-5-4-6-11-17/h7-10,12,16H,4-6,11,13-14H2,1-3H3,(H,22,26)/t16-/m0/s1. The molecule has 6 heteroatoms. The molecule has 1 amide bonds. The maximum Gasteiger partial charge on any atom is 0.233 e. The van der Waals surface area contributed by atoms with Gasteiger partial charge in [0.15, 0.2) is 11.0 Å². The lowest BCUT2D eigenvalue weighted by Gasteiger charge is -2.15. The first kappa shape index (κ1) is 19.7. The van der Waals surface area contributed by atoms with Gasteiger partial charge in [0.2, 0.25) is 5.91 Å². The van der Waals surface area contributed by atoms with E-state index in [0.29, 0.717) is 6.54 Å². The van der Waals surface area contributed by atoms with Crippen LogP contribution >= 0.6 is 11.8 Å². The highest BCUT2D eigenvalue weighted by Gasteiger charge is 2.19. The first-order valence-corrected chi connectivity index (χ1v) is 10.5. The molecule has 0 bridgehead atoms. The molecule has 1 aliphatic carbocycles. The number of allylic oxidation sites excluding steroid dienone is 1. The Hall–Kier alpha value is -2.08. The van der Waals surface area contributed by atoms with Gasteiger partial charge in [-0.15, -0.1) is 10.2 Å². The lowest BCUT2D eigenvalue weighted by molar-refractivity contribution is -0.120. The molecular weight excluding hydrogens is 356 g/mol. The summed E-state index contributed by atoms with van der Waals surface area (Å²) in [6, 6.07) is 8.13. The predicted octanol–water partition coefficient (Wildman–Crippen LogP) is 4.28. The van der Waals surface area contributed by atoms with Gasteiger partial charge >= 0.3 is 0 Å². The maximum absolute atomic E-state index is 12.4. The molecule has 0 radical (unpaired) electrons. The van der Waals surface area contributed by atoms with Crippen LogP contribution in [-0.2, 0) is 11.8 Å². The second kappa shape index (κ2) is 9.22. The van der Waals surface area contributed by atoms with Gasteiger partial charge in [-0.05, 0) is 51.5 Å². The molecule has 1 aromatic carbocycles. The second-order valence-electron chi connectivity index (χ2n) is 7.09. The molecule has 0 saturated carbocycles. The van der Waals surface area contributed by atoms with E-state index in [-0.39, 0.29) is 11.2 Å². The summed E-state index contributed by atoms with van der Waals surface area (Å²) < 4.78 is 1.96. The van der Waals surface area contributed by atoms with Gasteiger partial charge in [-0.3, -0.25) is 4.79 Å². The molecule has 5 nitrogen and oxygen atoms in total. The van der Waals surface area contributed by atoms with Crippen molar-refractivity contribution in [2.24, 2.45) is 7.05 Å². The highest BCUT2D eigenvalue weighted by molar-refractivity contribution is 8.00. The van der Waals surface area contributed by atoms with Gasteiger partial charge in [0.05, 0.1) is 5.25 Å². The van der Waals surface area contributed by atoms with Gasteiger partial charge in [-0.25, -0.2) is 0 Å². The van der Waals surface area contributed by atoms with E-state index in [1.165, 1.54) is 43.0 Å². The molecule has 1 atom stereocenters. The van der Waals surface area contributed by atoms with Gasteiger partial charge in [0.25, 0.3) is 0 Å². The normalized spacial score (nSPS) is 15.3. The topological polar surface area (TPSA) is 59.8 Å². The number of carbonyl (C=O) groups excluding carboxylic acids is 1. The first-order chi connectivity index (χ1) is 13.1. The van der Waals surface area contributed by atoms with Crippen molar-refractivity contribution in [2.75, 3.05) is 6.54 Å². The van der Waals surface area contributed by atoms with E-state index < -0.39 is 0 Å². The summed E-state index contributed by atoms with van der Waals surface area (Å²) in [6.45, 7) is 4.69. The number of hydrogen-bond donors (Lipinski definition) is 1. The molecule has 1 aliphatic rings. The molecule has 1 aromatic heterocycles. The summed E-state index contributed by atoms with van der Waals surface area (Å²) in [7, 11) is 1.95. The Morgan fingerprint density at radius 1 is 1.30 bits per heavy atom. The van der Waals surface area contributed by atoms with Crippen LogP contribution in [0.15, 0.2) is 41.1 Å². The number of carbonyl (C=O) groups is 1.